The molecule has 0 spiro atoms. The smallest absolute Gasteiger partial charge is 0.00851 e. The Balaban J connectivity index is 1.29. The van der Waals surface area contributed by atoms with Gasteiger partial charge in [0.1, 0.15) is 0 Å². The Labute approximate surface area is 194 Å². The molecule has 176 valence electrons. The molecule has 0 nitrogen and oxygen atoms in total. The predicted molar refractivity (Wildman–Crippen MR) is 134 cm³/mol. The van der Waals surface area contributed by atoms with Crippen LogP contribution in [0.1, 0.15) is 119 Å². The number of rotatable bonds is 6. The fourth-order valence-corrected chi connectivity index (χ4v) is 10.1. The minimum absolute atomic E-state index is 0.555. The van der Waals surface area contributed by atoms with Crippen LogP contribution in [0.3, 0.4) is 0 Å². The highest BCUT2D eigenvalue weighted by molar-refractivity contribution is 5.26. The van der Waals surface area contributed by atoms with Crippen LogP contribution in [-0.2, 0) is 0 Å². The van der Waals surface area contributed by atoms with Crippen molar-refractivity contribution < 1.29 is 0 Å². The SMILES string of the molecule is CC(C)CCCC(C)C1CCC2C3CC=C4CC(C5CC5C)CCC4(C)C3CCC12C. The maximum Gasteiger partial charge on any atom is -0.00851 e. The third-order valence-electron chi connectivity index (χ3n) is 12.1. The molecule has 0 aromatic rings. The molecule has 0 amide bonds. The molecule has 5 rings (SSSR count). The van der Waals surface area contributed by atoms with Crippen molar-refractivity contribution in [2.75, 3.05) is 0 Å². The molecule has 0 N–H and O–H groups in total. The molecule has 0 aromatic heterocycles. The van der Waals surface area contributed by atoms with Crippen LogP contribution < -0.4 is 0 Å². The topological polar surface area (TPSA) is 0 Å². The van der Waals surface area contributed by atoms with E-state index in [2.05, 4.69) is 47.6 Å². The maximum atomic E-state index is 2.81. The van der Waals surface area contributed by atoms with Gasteiger partial charge in [-0.2, -0.15) is 0 Å². The van der Waals surface area contributed by atoms with Gasteiger partial charge < -0.3 is 0 Å². The van der Waals surface area contributed by atoms with Crippen LogP contribution in [-0.4, -0.2) is 0 Å². The number of fused-ring (bicyclic) bond motifs is 5. The Morgan fingerprint density at radius 3 is 2.42 bits per heavy atom. The van der Waals surface area contributed by atoms with E-state index in [1.165, 1.54) is 70.6 Å². The zero-order valence-electron chi connectivity index (χ0n) is 21.8. The van der Waals surface area contributed by atoms with Crippen LogP contribution in [0.4, 0.5) is 0 Å². The van der Waals surface area contributed by atoms with Crippen molar-refractivity contribution in [3.8, 4) is 0 Å². The summed E-state index contributed by atoms with van der Waals surface area (Å²) in [5.41, 5.74) is 3.12. The molecular formula is C31H52. The van der Waals surface area contributed by atoms with Crippen LogP contribution in [0.25, 0.3) is 0 Å². The first kappa shape index (κ1) is 22.5. The van der Waals surface area contributed by atoms with Crippen molar-refractivity contribution in [1.29, 1.82) is 0 Å². The lowest BCUT2D eigenvalue weighted by molar-refractivity contribution is -0.0534. The first-order chi connectivity index (χ1) is 14.7. The summed E-state index contributed by atoms with van der Waals surface area (Å²) in [5, 5.41) is 0. The van der Waals surface area contributed by atoms with Gasteiger partial charge in [-0.3, -0.25) is 0 Å². The summed E-state index contributed by atoms with van der Waals surface area (Å²) in [7, 11) is 0. The van der Waals surface area contributed by atoms with Crippen LogP contribution in [0.5, 0.6) is 0 Å². The molecule has 0 radical (unpaired) electrons. The molecule has 0 aliphatic heterocycles. The van der Waals surface area contributed by atoms with Gasteiger partial charge in [-0.05, 0) is 122 Å². The monoisotopic (exact) mass is 424 g/mol. The lowest BCUT2D eigenvalue weighted by Crippen LogP contribution is -2.50. The van der Waals surface area contributed by atoms with Gasteiger partial charge in [0.25, 0.3) is 0 Å². The number of hydrogen-bond donors (Lipinski definition) is 0. The summed E-state index contributed by atoms with van der Waals surface area (Å²) in [5.74, 6) is 8.95. The third-order valence-corrected chi connectivity index (χ3v) is 12.1. The molecule has 31 heavy (non-hydrogen) atoms. The fourth-order valence-electron chi connectivity index (χ4n) is 10.1. The van der Waals surface area contributed by atoms with E-state index in [4.69, 9.17) is 0 Å². The lowest BCUT2D eigenvalue weighted by atomic mass is 9.46. The minimum atomic E-state index is 0.555. The second kappa shape index (κ2) is 8.20. The van der Waals surface area contributed by atoms with E-state index >= 15 is 0 Å². The Bertz CT molecular complexity index is 686. The zero-order valence-corrected chi connectivity index (χ0v) is 21.8. The van der Waals surface area contributed by atoms with Crippen molar-refractivity contribution in [1.82, 2.24) is 0 Å². The summed E-state index contributed by atoms with van der Waals surface area (Å²) in [6, 6.07) is 0. The largest absolute Gasteiger partial charge is 0.0845 e. The van der Waals surface area contributed by atoms with Crippen LogP contribution in [0.15, 0.2) is 11.6 Å². The summed E-state index contributed by atoms with van der Waals surface area (Å²) in [4.78, 5) is 0. The molecule has 0 heterocycles. The van der Waals surface area contributed by atoms with Gasteiger partial charge in [0, 0.05) is 0 Å². The van der Waals surface area contributed by atoms with Gasteiger partial charge >= 0.3 is 0 Å². The van der Waals surface area contributed by atoms with Crippen molar-refractivity contribution in [3.63, 3.8) is 0 Å². The molecule has 10 atom stereocenters. The number of hydrogen-bond acceptors (Lipinski definition) is 0. The Hall–Kier alpha value is -0.260. The second-order valence-corrected chi connectivity index (χ2v) is 14.2. The third kappa shape index (κ3) is 3.79. The van der Waals surface area contributed by atoms with Gasteiger partial charge in [-0.1, -0.05) is 72.5 Å². The predicted octanol–water partition coefficient (Wildman–Crippen LogP) is 9.30. The first-order valence-electron chi connectivity index (χ1n) is 14.4. The van der Waals surface area contributed by atoms with E-state index in [1.807, 2.05) is 5.57 Å². The Morgan fingerprint density at radius 1 is 0.935 bits per heavy atom. The zero-order chi connectivity index (χ0) is 22.0. The Morgan fingerprint density at radius 2 is 1.71 bits per heavy atom. The highest BCUT2D eigenvalue weighted by atomic mass is 14.6. The van der Waals surface area contributed by atoms with E-state index in [1.54, 1.807) is 6.42 Å². The minimum Gasteiger partial charge on any atom is -0.0845 e. The average Bonchev–Trinajstić information content (AvgIpc) is 3.33. The number of allylic oxidation sites excluding steroid dienone is 2. The quantitative estimate of drug-likeness (QED) is 0.372. The summed E-state index contributed by atoms with van der Waals surface area (Å²) in [6.45, 7) is 15.4. The highest BCUT2D eigenvalue weighted by Crippen LogP contribution is 2.68. The van der Waals surface area contributed by atoms with E-state index in [9.17, 15) is 0 Å². The molecule has 5 aliphatic rings. The molecular weight excluding hydrogens is 372 g/mol. The van der Waals surface area contributed by atoms with Gasteiger partial charge in [0.15, 0.2) is 0 Å². The van der Waals surface area contributed by atoms with Crippen molar-refractivity contribution in [2.45, 2.75) is 119 Å². The Kier molecular flexibility index (Phi) is 5.96. The van der Waals surface area contributed by atoms with Gasteiger partial charge in [-0.25, -0.2) is 0 Å². The molecule has 4 fully saturated rings. The van der Waals surface area contributed by atoms with Crippen LogP contribution >= 0.6 is 0 Å². The van der Waals surface area contributed by atoms with E-state index in [-0.39, 0.29) is 0 Å². The van der Waals surface area contributed by atoms with Gasteiger partial charge in [-0.15, -0.1) is 0 Å². The molecule has 4 saturated carbocycles. The molecule has 0 bridgehead atoms. The molecule has 5 aliphatic carbocycles. The standard InChI is InChI=1S/C31H52/c1-20(2)8-7-9-21(3)27-12-13-28-25-11-10-24-19-23(26-18-22(26)4)14-16-30(24,5)29(25)15-17-31(27,28)6/h10,20-23,25-29H,7-9,11-19H2,1-6H3. The second-order valence-electron chi connectivity index (χ2n) is 14.2. The summed E-state index contributed by atoms with van der Waals surface area (Å²) < 4.78 is 0. The van der Waals surface area contributed by atoms with Crippen molar-refractivity contribution in [2.24, 2.45) is 64.1 Å². The first-order valence-corrected chi connectivity index (χ1v) is 14.4. The molecule has 10 unspecified atom stereocenters. The summed E-state index contributed by atoms with van der Waals surface area (Å²) >= 11 is 0. The average molecular weight is 425 g/mol. The van der Waals surface area contributed by atoms with Crippen molar-refractivity contribution in [3.05, 3.63) is 11.6 Å². The van der Waals surface area contributed by atoms with Crippen LogP contribution in [0, 0.1) is 64.1 Å². The van der Waals surface area contributed by atoms with Gasteiger partial charge in [0.05, 0.1) is 0 Å². The van der Waals surface area contributed by atoms with Crippen LogP contribution in [0.2, 0.25) is 0 Å². The van der Waals surface area contributed by atoms with Gasteiger partial charge in [0.2, 0.25) is 0 Å². The van der Waals surface area contributed by atoms with E-state index in [0.29, 0.717) is 10.8 Å². The van der Waals surface area contributed by atoms with Crippen molar-refractivity contribution >= 4 is 0 Å². The van der Waals surface area contributed by atoms with E-state index in [0.717, 1.165) is 53.3 Å². The molecule has 0 saturated heterocycles. The fraction of sp³-hybridized carbons (Fsp3) is 0.935. The van der Waals surface area contributed by atoms with E-state index < -0.39 is 0 Å². The molecule has 0 heteroatoms. The normalized spacial score (nSPS) is 49.8. The lowest BCUT2D eigenvalue weighted by Gasteiger charge is -2.58. The maximum absolute atomic E-state index is 2.81. The molecule has 0 aromatic carbocycles. The highest BCUT2D eigenvalue weighted by Gasteiger charge is 2.59. The summed E-state index contributed by atoms with van der Waals surface area (Å²) in [6.07, 6.45) is 20.8.